The van der Waals surface area contributed by atoms with Gasteiger partial charge in [-0.15, -0.1) is 0 Å². The molecule has 0 saturated carbocycles. The number of aliphatic hydroxyl groups excluding tert-OH is 1. The number of fused-ring (bicyclic) bond motifs is 1. The smallest absolute Gasteiger partial charge is 0.152 e. The van der Waals surface area contributed by atoms with Crippen molar-refractivity contribution >= 4 is 11.3 Å². The molecule has 2 aromatic heterocycles. The summed E-state index contributed by atoms with van der Waals surface area (Å²) < 4.78 is 1.78. The number of rotatable bonds is 3. The Labute approximate surface area is 100 Å². The quantitative estimate of drug-likeness (QED) is 0.847. The highest BCUT2D eigenvalue weighted by atomic mass is 16.3. The number of hydrogen-bond donors (Lipinski definition) is 2. The van der Waals surface area contributed by atoms with Gasteiger partial charge in [0.05, 0.1) is 17.3 Å². The Kier molecular flexibility index (Phi) is 2.79. The summed E-state index contributed by atoms with van der Waals surface area (Å²) in [6.07, 6.45) is 3.02. The van der Waals surface area contributed by atoms with E-state index in [4.69, 9.17) is 0 Å². The number of hydrogen-bond acceptors (Lipinski definition) is 4. The Morgan fingerprint density at radius 2 is 2.18 bits per heavy atom. The lowest BCUT2D eigenvalue weighted by Gasteiger charge is -2.30. The maximum atomic E-state index is 9.71. The SMILES string of the molecule is Cc1cc2c(NC(C)(C)C(C)O)nccn2n1. The standard InChI is InChI=1S/C12H18N4O/c1-8-7-10-11(13-5-6-16(10)15-8)14-12(3,4)9(2)17/h5-7,9,17H,1-4H3,(H,13,14). The molecule has 5 heteroatoms. The first kappa shape index (κ1) is 11.9. The van der Waals surface area contributed by atoms with Crippen molar-refractivity contribution in [1.29, 1.82) is 0 Å². The Bertz CT molecular complexity index is 530. The number of aliphatic hydroxyl groups is 1. The minimum Gasteiger partial charge on any atom is -0.391 e. The predicted octanol–water partition coefficient (Wildman–Crippen LogP) is 1.61. The van der Waals surface area contributed by atoms with Crippen molar-refractivity contribution in [3.8, 4) is 0 Å². The zero-order valence-corrected chi connectivity index (χ0v) is 10.6. The molecule has 0 spiro atoms. The summed E-state index contributed by atoms with van der Waals surface area (Å²) in [7, 11) is 0. The zero-order chi connectivity index (χ0) is 12.6. The lowest BCUT2D eigenvalue weighted by Crippen LogP contribution is -2.42. The van der Waals surface area contributed by atoms with Crippen LogP contribution in [0.25, 0.3) is 5.52 Å². The molecule has 0 aliphatic heterocycles. The van der Waals surface area contributed by atoms with Gasteiger partial charge < -0.3 is 10.4 Å². The van der Waals surface area contributed by atoms with E-state index in [1.165, 1.54) is 0 Å². The molecule has 0 radical (unpaired) electrons. The summed E-state index contributed by atoms with van der Waals surface area (Å²) in [4.78, 5) is 4.30. The van der Waals surface area contributed by atoms with Gasteiger partial charge in [0.2, 0.25) is 0 Å². The Hall–Kier alpha value is -1.62. The van der Waals surface area contributed by atoms with Crippen molar-refractivity contribution in [3.63, 3.8) is 0 Å². The topological polar surface area (TPSA) is 62.5 Å². The van der Waals surface area contributed by atoms with Gasteiger partial charge in [0.25, 0.3) is 0 Å². The highest BCUT2D eigenvalue weighted by Crippen LogP contribution is 2.21. The highest BCUT2D eigenvalue weighted by molar-refractivity contribution is 5.68. The summed E-state index contributed by atoms with van der Waals surface area (Å²) in [5.41, 5.74) is 1.42. The lowest BCUT2D eigenvalue weighted by atomic mass is 9.99. The molecule has 0 aliphatic carbocycles. The molecule has 0 aliphatic rings. The van der Waals surface area contributed by atoms with Crippen molar-refractivity contribution < 1.29 is 5.11 Å². The molecule has 92 valence electrons. The average molecular weight is 234 g/mol. The molecule has 2 rings (SSSR count). The van der Waals surface area contributed by atoms with Crippen LogP contribution in [0, 0.1) is 6.92 Å². The fraction of sp³-hybridized carbons (Fsp3) is 0.500. The fourth-order valence-corrected chi connectivity index (χ4v) is 1.55. The molecule has 2 aromatic rings. The van der Waals surface area contributed by atoms with Gasteiger partial charge in [-0.1, -0.05) is 0 Å². The molecular formula is C12H18N4O. The molecule has 0 saturated heterocycles. The van der Waals surface area contributed by atoms with Crippen LogP contribution in [0.15, 0.2) is 18.5 Å². The second kappa shape index (κ2) is 4.00. The van der Waals surface area contributed by atoms with Gasteiger partial charge in [-0.05, 0) is 33.8 Å². The number of nitrogens with one attached hydrogen (secondary N) is 1. The summed E-state index contributed by atoms with van der Waals surface area (Å²) in [5, 5.41) is 17.3. The molecule has 5 nitrogen and oxygen atoms in total. The first-order valence-corrected chi connectivity index (χ1v) is 5.67. The van der Waals surface area contributed by atoms with Crippen LogP contribution in [-0.2, 0) is 0 Å². The zero-order valence-electron chi connectivity index (χ0n) is 10.6. The van der Waals surface area contributed by atoms with Gasteiger partial charge in [0.15, 0.2) is 5.82 Å². The van der Waals surface area contributed by atoms with Gasteiger partial charge in [0, 0.05) is 12.4 Å². The third kappa shape index (κ3) is 2.24. The molecule has 0 bridgehead atoms. The predicted molar refractivity (Wildman–Crippen MR) is 67.1 cm³/mol. The number of anilines is 1. The van der Waals surface area contributed by atoms with Gasteiger partial charge in [-0.25, -0.2) is 9.50 Å². The van der Waals surface area contributed by atoms with E-state index in [1.807, 2.05) is 33.0 Å². The fourth-order valence-electron chi connectivity index (χ4n) is 1.55. The van der Waals surface area contributed by atoms with Crippen LogP contribution in [0.5, 0.6) is 0 Å². The van der Waals surface area contributed by atoms with Crippen molar-refractivity contribution in [2.45, 2.75) is 39.3 Å². The molecule has 0 fully saturated rings. The van der Waals surface area contributed by atoms with Crippen molar-refractivity contribution in [2.24, 2.45) is 0 Å². The van der Waals surface area contributed by atoms with Crippen LogP contribution < -0.4 is 5.32 Å². The minimum absolute atomic E-state index is 0.437. The first-order chi connectivity index (χ1) is 7.90. The second-order valence-corrected chi connectivity index (χ2v) is 4.91. The van der Waals surface area contributed by atoms with Crippen LogP contribution in [0.3, 0.4) is 0 Å². The molecule has 0 aromatic carbocycles. The van der Waals surface area contributed by atoms with Crippen molar-refractivity contribution in [1.82, 2.24) is 14.6 Å². The van der Waals surface area contributed by atoms with E-state index in [0.29, 0.717) is 0 Å². The van der Waals surface area contributed by atoms with Crippen LogP contribution in [-0.4, -0.2) is 31.3 Å². The molecule has 17 heavy (non-hydrogen) atoms. The normalized spacial score (nSPS) is 13.9. The third-order valence-electron chi connectivity index (χ3n) is 3.00. The molecule has 1 atom stereocenters. The van der Waals surface area contributed by atoms with Gasteiger partial charge in [-0.2, -0.15) is 5.10 Å². The van der Waals surface area contributed by atoms with E-state index >= 15 is 0 Å². The minimum atomic E-state index is -0.478. The van der Waals surface area contributed by atoms with Gasteiger partial charge in [0.1, 0.15) is 5.52 Å². The van der Waals surface area contributed by atoms with Crippen LogP contribution in [0.4, 0.5) is 5.82 Å². The van der Waals surface area contributed by atoms with E-state index in [0.717, 1.165) is 17.0 Å². The van der Waals surface area contributed by atoms with Crippen molar-refractivity contribution in [3.05, 3.63) is 24.2 Å². The van der Waals surface area contributed by atoms with E-state index in [9.17, 15) is 5.11 Å². The van der Waals surface area contributed by atoms with E-state index < -0.39 is 11.6 Å². The summed E-state index contributed by atoms with van der Waals surface area (Å²) in [6, 6.07) is 1.97. The van der Waals surface area contributed by atoms with E-state index in [2.05, 4.69) is 15.4 Å². The second-order valence-electron chi connectivity index (χ2n) is 4.91. The Balaban J connectivity index is 2.42. The highest BCUT2D eigenvalue weighted by Gasteiger charge is 2.25. The molecule has 1 unspecified atom stereocenters. The maximum absolute atomic E-state index is 9.71. The molecule has 2 heterocycles. The van der Waals surface area contributed by atoms with E-state index in [1.54, 1.807) is 17.6 Å². The van der Waals surface area contributed by atoms with Gasteiger partial charge in [-0.3, -0.25) is 0 Å². The van der Waals surface area contributed by atoms with Crippen LogP contribution >= 0.6 is 0 Å². The molecular weight excluding hydrogens is 216 g/mol. The Morgan fingerprint density at radius 3 is 2.82 bits per heavy atom. The number of nitrogens with zero attached hydrogens (tertiary/aromatic N) is 3. The Morgan fingerprint density at radius 1 is 1.47 bits per heavy atom. The summed E-state index contributed by atoms with van der Waals surface area (Å²) in [6.45, 7) is 7.57. The summed E-state index contributed by atoms with van der Waals surface area (Å²) in [5.74, 6) is 0.735. The third-order valence-corrected chi connectivity index (χ3v) is 3.00. The number of aryl methyl sites for hydroxylation is 1. The van der Waals surface area contributed by atoms with Crippen LogP contribution in [0.2, 0.25) is 0 Å². The number of aromatic nitrogens is 3. The summed E-state index contributed by atoms with van der Waals surface area (Å²) >= 11 is 0. The van der Waals surface area contributed by atoms with Crippen LogP contribution in [0.1, 0.15) is 26.5 Å². The first-order valence-electron chi connectivity index (χ1n) is 5.67. The average Bonchev–Trinajstić information content (AvgIpc) is 2.59. The van der Waals surface area contributed by atoms with Gasteiger partial charge >= 0.3 is 0 Å². The molecule has 0 amide bonds. The largest absolute Gasteiger partial charge is 0.391 e. The maximum Gasteiger partial charge on any atom is 0.152 e. The monoisotopic (exact) mass is 234 g/mol. The van der Waals surface area contributed by atoms with E-state index in [-0.39, 0.29) is 0 Å². The van der Waals surface area contributed by atoms with Crippen molar-refractivity contribution in [2.75, 3.05) is 5.32 Å². The lowest BCUT2D eigenvalue weighted by molar-refractivity contribution is 0.133. The molecule has 2 N–H and O–H groups in total.